The van der Waals surface area contributed by atoms with E-state index in [0.717, 1.165) is 40.4 Å². The molecule has 5 aliphatic heterocycles. The standard InChI is InChI=1S/C17H21NO7.C14H16N2O6.C14H16N2O4/c19-14-1-2-15(20)13(14)5-7-23-9-11-25-12-10-24-8-6-18-16(21)3-4-17(18)22;17-11-1-2-12(18)15(11)5-7-21-9-10-22-8-6-16-13(19)3-4-14(16)20;17-11-5-6-12(18)15(11)9-3-1-2-4-10-16-13(19)7-8-14(16)20/h1-4,13H,5-12H2;1-4H,5-10H2;5-8H,1-4,9-10H2. The van der Waals surface area contributed by atoms with Gasteiger partial charge in [0.15, 0.2) is 11.6 Å². The molecule has 6 aliphatic rings. The lowest BCUT2D eigenvalue weighted by molar-refractivity contribution is -0.139. The lowest BCUT2D eigenvalue weighted by Crippen LogP contribution is -2.34. The Morgan fingerprint density at radius 3 is 0.761 bits per heavy atom. The molecule has 0 unspecified atom stereocenters. The lowest BCUT2D eigenvalue weighted by atomic mass is 10.0. The quantitative estimate of drug-likeness (QED) is 0.0514. The highest BCUT2D eigenvalue weighted by atomic mass is 16.5. The van der Waals surface area contributed by atoms with Crippen molar-refractivity contribution >= 4 is 70.6 Å². The van der Waals surface area contributed by atoms with Crippen LogP contribution in [0.1, 0.15) is 32.1 Å². The van der Waals surface area contributed by atoms with E-state index in [2.05, 4.69) is 0 Å². The number of imide groups is 5. The van der Waals surface area contributed by atoms with E-state index < -0.39 is 5.92 Å². The van der Waals surface area contributed by atoms with Gasteiger partial charge in [-0.05, 0) is 31.4 Å². The Balaban J connectivity index is 0.000000221. The molecule has 10 amide bonds. The normalized spacial score (nSPS) is 17.6. The first-order chi connectivity index (χ1) is 32.3. The summed E-state index contributed by atoms with van der Waals surface area (Å²) >= 11 is 0. The van der Waals surface area contributed by atoms with Crippen LogP contribution >= 0.6 is 0 Å². The number of hydrogen-bond donors (Lipinski definition) is 0. The summed E-state index contributed by atoms with van der Waals surface area (Å²) in [4.78, 5) is 141. The molecule has 0 aromatic carbocycles. The van der Waals surface area contributed by atoms with E-state index in [0.29, 0.717) is 65.8 Å². The highest BCUT2D eigenvalue weighted by molar-refractivity contribution is 6.19. The average Bonchev–Trinajstić information content (AvgIpc) is 4.15. The molecule has 67 heavy (non-hydrogen) atoms. The van der Waals surface area contributed by atoms with Crippen LogP contribution in [0, 0.1) is 5.92 Å². The first kappa shape index (κ1) is 52.9. The van der Waals surface area contributed by atoms with Crippen LogP contribution in [-0.4, -0.2) is 194 Å². The number of carbonyl (C=O) groups is 12. The molecule has 1 aliphatic carbocycles. The number of rotatable bonds is 28. The predicted octanol–water partition coefficient (Wildman–Crippen LogP) is -1.06. The van der Waals surface area contributed by atoms with E-state index in [1.807, 2.05) is 0 Å². The maximum absolute atomic E-state index is 11.4. The second kappa shape index (κ2) is 28.3. The maximum Gasteiger partial charge on any atom is 0.253 e. The minimum Gasteiger partial charge on any atom is -0.379 e. The molecule has 0 radical (unpaired) electrons. The fourth-order valence-electron chi connectivity index (χ4n) is 6.50. The number of unbranched alkanes of at least 4 members (excludes halogenated alkanes) is 3. The second-order valence-electron chi connectivity index (χ2n) is 14.8. The van der Waals surface area contributed by atoms with E-state index >= 15 is 0 Å². The summed E-state index contributed by atoms with van der Waals surface area (Å²) in [6, 6.07) is 0. The first-order valence-corrected chi connectivity index (χ1v) is 21.6. The van der Waals surface area contributed by atoms with Gasteiger partial charge in [-0.15, -0.1) is 0 Å². The molecule has 6 rings (SSSR count). The van der Waals surface area contributed by atoms with Crippen molar-refractivity contribution in [3.05, 3.63) is 72.9 Å². The SMILES string of the molecule is O=C1C=CC(=O)C1CCOCCOCCOCCN1C(=O)C=CC1=O.O=C1C=CC(=O)N1CCCCCCN1C(=O)C=CC1=O.O=C1C=CC(=O)N1CCOCCOCCN1C(=O)C=CC1=O. The largest absolute Gasteiger partial charge is 0.379 e. The smallest absolute Gasteiger partial charge is 0.253 e. The van der Waals surface area contributed by atoms with Crippen molar-refractivity contribution in [3.63, 3.8) is 0 Å². The van der Waals surface area contributed by atoms with Crippen molar-refractivity contribution in [2.45, 2.75) is 32.1 Å². The molecule has 0 fully saturated rings. The number of carbonyl (C=O) groups excluding carboxylic acids is 12. The van der Waals surface area contributed by atoms with Gasteiger partial charge in [0.25, 0.3) is 59.1 Å². The fourth-order valence-corrected chi connectivity index (χ4v) is 6.50. The van der Waals surface area contributed by atoms with Crippen molar-refractivity contribution in [1.29, 1.82) is 0 Å². The Bertz CT molecular complexity index is 1840. The Morgan fingerprint density at radius 1 is 0.269 bits per heavy atom. The van der Waals surface area contributed by atoms with Crippen molar-refractivity contribution in [2.24, 2.45) is 5.92 Å². The van der Waals surface area contributed by atoms with E-state index in [4.69, 9.17) is 23.7 Å². The number of ketones is 2. The Morgan fingerprint density at radius 2 is 0.493 bits per heavy atom. The van der Waals surface area contributed by atoms with Crippen molar-refractivity contribution in [1.82, 2.24) is 24.5 Å². The second-order valence-corrected chi connectivity index (χ2v) is 14.8. The van der Waals surface area contributed by atoms with Gasteiger partial charge in [0.05, 0.1) is 85.0 Å². The van der Waals surface area contributed by atoms with Crippen LogP contribution in [0.25, 0.3) is 0 Å². The van der Waals surface area contributed by atoms with Crippen molar-refractivity contribution in [3.8, 4) is 0 Å². The van der Waals surface area contributed by atoms with Gasteiger partial charge in [-0.1, -0.05) is 12.8 Å². The molecule has 22 heteroatoms. The highest BCUT2D eigenvalue weighted by Crippen LogP contribution is 2.15. The van der Waals surface area contributed by atoms with Crippen LogP contribution in [0.4, 0.5) is 0 Å². The summed E-state index contributed by atoms with van der Waals surface area (Å²) in [7, 11) is 0. The minimum atomic E-state index is -0.584. The molecule has 0 atom stereocenters. The van der Waals surface area contributed by atoms with Crippen LogP contribution in [-0.2, 0) is 81.2 Å². The molecule has 0 aromatic rings. The summed E-state index contributed by atoms with van der Waals surface area (Å²) in [5.74, 6) is -3.90. The van der Waals surface area contributed by atoms with Crippen molar-refractivity contribution < 1.29 is 81.2 Å². The number of amides is 10. The molecule has 0 aromatic heterocycles. The van der Waals surface area contributed by atoms with Crippen LogP contribution in [0.3, 0.4) is 0 Å². The Labute approximate surface area is 385 Å². The summed E-state index contributed by atoms with van der Waals surface area (Å²) in [6.07, 6.45) is 18.6. The van der Waals surface area contributed by atoms with Gasteiger partial charge in [-0.25, -0.2) is 0 Å². The maximum atomic E-state index is 11.4. The molecule has 360 valence electrons. The first-order valence-electron chi connectivity index (χ1n) is 21.6. The zero-order valence-electron chi connectivity index (χ0n) is 36.8. The minimum absolute atomic E-state index is 0.157. The zero-order valence-corrected chi connectivity index (χ0v) is 36.8. The van der Waals surface area contributed by atoms with Gasteiger partial charge >= 0.3 is 0 Å². The Kier molecular flexibility index (Phi) is 22.4. The molecule has 0 bridgehead atoms. The summed E-state index contributed by atoms with van der Waals surface area (Å²) in [5.41, 5.74) is 0. The summed E-state index contributed by atoms with van der Waals surface area (Å²) < 4.78 is 26.4. The Hall–Kier alpha value is -6.72. The van der Waals surface area contributed by atoms with Crippen LogP contribution in [0.15, 0.2) is 72.9 Å². The number of ether oxygens (including phenoxy) is 5. The molecular formula is C45H53N5O17. The van der Waals surface area contributed by atoms with Gasteiger partial charge in [0, 0.05) is 80.5 Å². The zero-order chi connectivity index (χ0) is 48.6. The van der Waals surface area contributed by atoms with Crippen LogP contribution < -0.4 is 0 Å². The average molecular weight is 936 g/mol. The molecule has 0 saturated carbocycles. The van der Waals surface area contributed by atoms with E-state index in [1.54, 1.807) is 0 Å². The van der Waals surface area contributed by atoms with Gasteiger partial charge in [-0.3, -0.25) is 82.0 Å². The van der Waals surface area contributed by atoms with E-state index in [1.165, 1.54) is 82.7 Å². The van der Waals surface area contributed by atoms with Gasteiger partial charge < -0.3 is 23.7 Å². The van der Waals surface area contributed by atoms with Gasteiger partial charge in [0.2, 0.25) is 0 Å². The molecule has 0 spiro atoms. The molecule has 0 N–H and O–H groups in total. The van der Waals surface area contributed by atoms with Crippen molar-refractivity contribution in [2.75, 3.05) is 98.8 Å². The number of allylic oxidation sites excluding steroid dienone is 2. The third-order valence-corrected chi connectivity index (χ3v) is 10.2. The van der Waals surface area contributed by atoms with E-state index in [9.17, 15) is 57.5 Å². The summed E-state index contributed by atoms with van der Waals surface area (Å²) in [5, 5.41) is 0. The topological polar surface area (TPSA) is 267 Å². The monoisotopic (exact) mass is 935 g/mol. The third kappa shape index (κ3) is 17.5. The van der Waals surface area contributed by atoms with Gasteiger partial charge in [-0.2, -0.15) is 0 Å². The van der Waals surface area contributed by atoms with Gasteiger partial charge in [0.1, 0.15) is 0 Å². The molecule has 22 nitrogen and oxygen atoms in total. The van der Waals surface area contributed by atoms with Crippen LogP contribution in [0.5, 0.6) is 0 Å². The van der Waals surface area contributed by atoms with E-state index in [-0.39, 0.29) is 110 Å². The molecule has 5 heterocycles. The number of nitrogens with zero attached hydrogens (tertiary/aromatic N) is 5. The number of hydrogen-bond acceptors (Lipinski definition) is 17. The lowest BCUT2D eigenvalue weighted by Gasteiger charge is -2.14. The predicted molar refractivity (Wildman–Crippen MR) is 229 cm³/mol. The fraction of sp³-hybridized carbons (Fsp3) is 0.467. The van der Waals surface area contributed by atoms with Crippen LogP contribution in [0.2, 0.25) is 0 Å². The molecule has 0 saturated heterocycles. The third-order valence-electron chi connectivity index (χ3n) is 10.2. The molecular weight excluding hydrogens is 883 g/mol. The highest BCUT2D eigenvalue weighted by Gasteiger charge is 2.28. The summed E-state index contributed by atoms with van der Waals surface area (Å²) in [6.45, 7) is 4.58.